The Balaban J connectivity index is 1.90. The predicted octanol–water partition coefficient (Wildman–Crippen LogP) is 1.84. The maximum absolute atomic E-state index is 5.73. The van der Waals surface area contributed by atoms with Crippen LogP contribution in [-0.2, 0) is 0 Å². The topological polar surface area (TPSA) is 82.3 Å². The molecule has 0 saturated heterocycles. The number of hydrogen-bond donors (Lipinski definition) is 2. The summed E-state index contributed by atoms with van der Waals surface area (Å²) in [7, 11) is 0. The predicted molar refractivity (Wildman–Crippen MR) is 67.0 cm³/mol. The summed E-state index contributed by atoms with van der Waals surface area (Å²) in [5, 5.41) is 3.18. The summed E-state index contributed by atoms with van der Waals surface area (Å²) in [6, 6.07) is 5.61. The largest absolute Gasteiger partial charge is 0.454 e. The van der Waals surface area contributed by atoms with Gasteiger partial charge in [0.2, 0.25) is 6.79 Å². The van der Waals surface area contributed by atoms with Crippen molar-refractivity contribution in [2.45, 2.75) is 6.92 Å². The van der Waals surface area contributed by atoms with Gasteiger partial charge in [-0.05, 0) is 19.1 Å². The second kappa shape index (κ2) is 4.06. The van der Waals surface area contributed by atoms with E-state index in [0.717, 1.165) is 22.7 Å². The van der Waals surface area contributed by atoms with Gasteiger partial charge in [0.05, 0.1) is 0 Å². The van der Waals surface area contributed by atoms with Crippen LogP contribution in [0.1, 0.15) is 5.56 Å². The van der Waals surface area contributed by atoms with Crippen molar-refractivity contribution in [1.29, 1.82) is 0 Å². The molecule has 2 aromatic rings. The lowest BCUT2D eigenvalue weighted by Gasteiger charge is -2.09. The molecule has 0 saturated carbocycles. The monoisotopic (exact) mass is 244 g/mol. The molecule has 2 heterocycles. The molecule has 3 rings (SSSR count). The van der Waals surface area contributed by atoms with Crippen molar-refractivity contribution in [1.82, 2.24) is 9.97 Å². The van der Waals surface area contributed by atoms with E-state index >= 15 is 0 Å². The van der Waals surface area contributed by atoms with Gasteiger partial charge in [0.1, 0.15) is 18.0 Å². The van der Waals surface area contributed by atoms with Crippen LogP contribution in [-0.4, -0.2) is 16.8 Å². The van der Waals surface area contributed by atoms with E-state index in [1.165, 1.54) is 6.33 Å². The molecule has 0 amide bonds. The second-order valence-corrected chi connectivity index (χ2v) is 3.93. The number of nitrogens with two attached hydrogens (primary N) is 1. The highest BCUT2D eigenvalue weighted by Crippen LogP contribution is 2.35. The Bertz CT molecular complexity index is 601. The van der Waals surface area contributed by atoms with E-state index in [-0.39, 0.29) is 6.79 Å². The summed E-state index contributed by atoms with van der Waals surface area (Å²) in [5.74, 6) is 2.62. The first-order chi connectivity index (χ1) is 8.74. The van der Waals surface area contributed by atoms with Crippen LogP contribution < -0.4 is 20.5 Å². The zero-order chi connectivity index (χ0) is 12.5. The van der Waals surface area contributed by atoms with Crippen molar-refractivity contribution in [3.63, 3.8) is 0 Å². The van der Waals surface area contributed by atoms with Crippen LogP contribution >= 0.6 is 0 Å². The molecule has 92 valence electrons. The third-order valence-electron chi connectivity index (χ3n) is 2.76. The molecule has 6 nitrogen and oxygen atoms in total. The molecule has 1 aromatic heterocycles. The standard InChI is InChI=1S/C12H12N4O2/c1-7-11(13)14-5-15-12(7)16-8-2-3-9-10(4-8)18-6-17-9/h2-5H,6H2,1H3,(H3,13,14,15,16). The average molecular weight is 244 g/mol. The van der Waals surface area contributed by atoms with E-state index < -0.39 is 0 Å². The summed E-state index contributed by atoms with van der Waals surface area (Å²) in [5.41, 5.74) is 7.41. The molecule has 0 fully saturated rings. The van der Waals surface area contributed by atoms with Crippen LogP contribution in [0.2, 0.25) is 0 Å². The Labute approximate surface area is 104 Å². The van der Waals surface area contributed by atoms with Crippen molar-refractivity contribution >= 4 is 17.3 Å². The Morgan fingerprint density at radius 2 is 2.06 bits per heavy atom. The van der Waals surface area contributed by atoms with Crippen molar-refractivity contribution in [3.05, 3.63) is 30.1 Å². The molecule has 0 aliphatic carbocycles. The molecule has 0 spiro atoms. The number of hydrogen-bond acceptors (Lipinski definition) is 6. The highest BCUT2D eigenvalue weighted by atomic mass is 16.7. The molecule has 0 atom stereocenters. The molecule has 0 unspecified atom stereocenters. The molecule has 1 aliphatic rings. The minimum absolute atomic E-state index is 0.262. The Kier molecular flexibility index (Phi) is 2.40. The van der Waals surface area contributed by atoms with E-state index in [1.807, 2.05) is 25.1 Å². The maximum Gasteiger partial charge on any atom is 0.231 e. The van der Waals surface area contributed by atoms with E-state index in [4.69, 9.17) is 15.2 Å². The molecular formula is C12H12N4O2. The molecular weight excluding hydrogens is 232 g/mol. The van der Waals surface area contributed by atoms with Crippen LogP contribution in [0.5, 0.6) is 11.5 Å². The number of benzene rings is 1. The van der Waals surface area contributed by atoms with Crippen LogP contribution in [0.15, 0.2) is 24.5 Å². The minimum atomic E-state index is 0.262. The van der Waals surface area contributed by atoms with Gasteiger partial charge in [-0.15, -0.1) is 0 Å². The third kappa shape index (κ3) is 1.77. The first-order valence-corrected chi connectivity index (χ1v) is 5.48. The Morgan fingerprint density at radius 3 is 2.94 bits per heavy atom. The van der Waals surface area contributed by atoms with Gasteiger partial charge in [0, 0.05) is 17.3 Å². The summed E-state index contributed by atoms with van der Waals surface area (Å²) < 4.78 is 10.6. The van der Waals surface area contributed by atoms with E-state index in [0.29, 0.717) is 11.6 Å². The van der Waals surface area contributed by atoms with Gasteiger partial charge >= 0.3 is 0 Å². The van der Waals surface area contributed by atoms with E-state index in [9.17, 15) is 0 Å². The smallest absolute Gasteiger partial charge is 0.231 e. The van der Waals surface area contributed by atoms with Gasteiger partial charge in [-0.1, -0.05) is 0 Å². The highest BCUT2D eigenvalue weighted by molar-refractivity contribution is 5.66. The summed E-state index contributed by atoms with van der Waals surface area (Å²) in [6.45, 7) is 2.13. The van der Waals surface area contributed by atoms with E-state index in [2.05, 4.69) is 15.3 Å². The Morgan fingerprint density at radius 1 is 1.22 bits per heavy atom. The van der Waals surface area contributed by atoms with Gasteiger partial charge in [0.15, 0.2) is 11.5 Å². The lowest BCUT2D eigenvalue weighted by atomic mass is 10.2. The van der Waals surface area contributed by atoms with Gasteiger partial charge < -0.3 is 20.5 Å². The number of aromatic nitrogens is 2. The van der Waals surface area contributed by atoms with Crippen molar-refractivity contribution in [2.75, 3.05) is 17.8 Å². The number of ether oxygens (including phenoxy) is 2. The fourth-order valence-corrected chi connectivity index (χ4v) is 1.70. The zero-order valence-electron chi connectivity index (χ0n) is 9.80. The second-order valence-electron chi connectivity index (χ2n) is 3.93. The van der Waals surface area contributed by atoms with Gasteiger partial charge in [-0.25, -0.2) is 9.97 Å². The lowest BCUT2D eigenvalue weighted by Crippen LogP contribution is -2.01. The van der Waals surface area contributed by atoms with E-state index in [1.54, 1.807) is 0 Å². The highest BCUT2D eigenvalue weighted by Gasteiger charge is 2.13. The average Bonchev–Trinajstić information content (AvgIpc) is 2.82. The number of fused-ring (bicyclic) bond motifs is 1. The fraction of sp³-hybridized carbons (Fsp3) is 0.167. The van der Waals surface area contributed by atoms with Crippen LogP contribution in [0.25, 0.3) is 0 Å². The first-order valence-electron chi connectivity index (χ1n) is 5.48. The molecule has 1 aliphatic heterocycles. The fourth-order valence-electron chi connectivity index (χ4n) is 1.70. The molecule has 1 aromatic carbocycles. The first kappa shape index (κ1) is 10.6. The minimum Gasteiger partial charge on any atom is -0.454 e. The van der Waals surface area contributed by atoms with Crippen LogP contribution in [0.3, 0.4) is 0 Å². The molecule has 6 heteroatoms. The molecule has 3 N–H and O–H groups in total. The number of nitrogens with one attached hydrogen (secondary N) is 1. The molecule has 0 radical (unpaired) electrons. The van der Waals surface area contributed by atoms with Gasteiger partial charge in [0.25, 0.3) is 0 Å². The van der Waals surface area contributed by atoms with Crippen LogP contribution in [0, 0.1) is 6.92 Å². The summed E-state index contributed by atoms with van der Waals surface area (Å²) in [4.78, 5) is 8.07. The van der Waals surface area contributed by atoms with Crippen LogP contribution in [0.4, 0.5) is 17.3 Å². The number of nitrogens with zero attached hydrogens (tertiary/aromatic N) is 2. The quantitative estimate of drug-likeness (QED) is 0.838. The van der Waals surface area contributed by atoms with Crippen molar-refractivity contribution in [2.24, 2.45) is 0 Å². The SMILES string of the molecule is Cc1c(N)ncnc1Nc1ccc2c(c1)OCO2. The maximum atomic E-state index is 5.73. The zero-order valence-corrected chi connectivity index (χ0v) is 9.80. The Hall–Kier alpha value is -2.50. The van der Waals surface area contributed by atoms with Gasteiger partial charge in [-0.3, -0.25) is 0 Å². The third-order valence-corrected chi connectivity index (χ3v) is 2.76. The number of anilines is 3. The number of rotatable bonds is 2. The normalized spacial score (nSPS) is 12.5. The summed E-state index contributed by atoms with van der Waals surface area (Å²) in [6.07, 6.45) is 1.43. The molecule has 0 bridgehead atoms. The van der Waals surface area contributed by atoms with Crippen molar-refractivity contribution in [3.8, 4) is 11.5 Å². The summed E-state index contributed by atoms with van der Waals surface area (Å²) >= 11 is 0. The van der Waals surface area contributed by atoms with Crippen molar-refractivity contribution < 1.29 is 9.47 Å². The number of nitrogen functional groups attached to an aromatic ring is 1. The lowest BCUT2D eigenvalue weighted by molar-refractivity contribution is 0.174. The molecule has 18 heavy (non-hydrogen) atoms. The van der Waals surface area contributed by atoms with Gasteiger partial charge in [-0.2, -0.15) is 0 Å².